The predicted octanol–water partition coefficient (Wildman–Crippen LogP) is 0.971. The minimum Gasteiger partial charge on any atom is -0.399 e. The Hall–Kier alpha value is -0.820. The molecule has 17 heavy (non-hydrogen) atoms. The van der Waals surface area contributed by atoms with E-state index >= 15 is 0 Å². The summed E-state index contributed by atoms with van der Waals surface area (Å²) in [6.45, 7) is 1.58. The van der Waals surface area contributed by atoms with Crippen LogP contribution in [0.2, 0.25) is 5.02 Å². The van der Waals surface area contributed by atoms with Gasteiger partial charge in [0, 0.05) is 18.3 Å². The predicted molar refractivity (Wildman–Crippen MR) is 67.4 cm³/mol. The van der Waals surface area contributed by atoms with Gasteiger partial charge in [0.25, 0.3) is 0 Å². The second-order valence-corrected chi connectivity index (χ2v) is 5.81. The lowest BCUT2D eigenvalue weighted by Crippen LogP contribution is -2.33. The number of sulfonamides is 1. The molecule has 4 N–H and O–H groups in total. The van der Waals surface area contributed by atoms with E-state index in [1.54, 1.807) is 6.92 Å². The van der Waals surface area contributed by atoms with Crippen LogP contribution in [0, 0.1) is 0 Å². The quantitative estimate of drug-likeness (QED) is 0.700. The molecule has 0 amide bonds. The third kappa shape index (κ3) is 3.85. The van der Waals surface area contributed by atoms with Gasteiger partial charge in [0.1, 0.15) is 4.90 Å². The second kappa shape index (κ2) is 5.68. The highest BCUT2D eigenvalue weighted by molar-refractivity contribution is 7.89. The highest BCUT2D eigenvalue weighted by Gasteiger charge is 2.20. The van der Waals surface area contributed by atoms with E-state index < -0.39 is 10.0 Å². The summed E-state index contributed by atoms with van der Waals surface area (Å²) in [5, 5.41) is 8.80. The van der Waals surface area contributed by atoms with Crippen LogP contribution in [0.5, 0.6) is 0 Å². The number of hydrogen-bond donors (Lipinski definition) is 3. The summed E-state index contributed by atoms with van der Waals surface area (Å²) < 4.78 is 26.3. The molecule has 0 aliphatic heterocycles. The number of aliphatic hydroxyl groups excluding tert-OH is 1. The van der Waals surface area contributed by atoms with Gasteiger partial charge < -0.3 is 10.8 Å². The number of benzene rings is 1. The van der Waals surface area contributed by atoms with Crippen LogP contribution in [0.1, 0.15) is 13.3 Å². The molecule has 0 heterocycles. The van der Waals surface area contributed by atoms with Crippen molar-refractivity contribution in [2.45, 2.75) is 24.3 Å². The molecule has 0 fully saturated rings. The normalized spacial score (nSPS) is 13.6. The molecule has 0 aliphatic carbocycles. The van der Waals surface area contributed by atoms with E-state index in [9.17, 15) is 8.42 Å². The van der Waals surface area contributed by atoms with Crippen LogP contribution in [-0.2, 0) is 10.0 Å². The Bertz CT molecular complexity index is 490. The summed E-state index contributed by atoms with van der Waals surface area (Å²) in [7, 11) is -3.68. The van der Waals surface area contributed by atoms with E-state index in [-0.39, 0.29) is 22.6 Å². The Morgan fingerprint density at radius 2 is 2.18 bits per heavy atom. The fourth-order valence-electron chi connectivity index (χ4n) is 1.32. The van der Waals surface area contributed by atoms with Crippen molar-refractivity contribution in [3.8, 4) is 0 Å². The Morgan fingerprint density at radius 3 is 2.71 bits per heavy atom. The molecule has 5 nitrogen and oxygen atoms in total. The maximum absolute atomic E-state index is 11.9. The van der Waals surface area contributed by atoms with Gasteiger partial charge in [-0.15, -0.1) is 0 Å². The molecule has 0 saturated carbocycles. The molecule has 7 heteroatoms. The average molecular weight is 279 g/mol. The Morgan fingerprint density at radius 1 is 1.53 bits per heavy atom. The lowest BCUT2D eigenvalue weighted by atomic mass is 10.3. The fraction of sp³-hybridized carbons (Fsp3) is 0.400. The number of aliphatic hydroxyl groups is 1. The van der Waals surface area contributed by atoms with Crippen molar-refractivity contribution in [2.75, 3.05) is 12.3 Å². The zero-order valence-corrected chi connectivity index (χ0v) is 10.9. The van der Waals surface area contributed by atoms with Crippen molar-refractivity contribution in [2.24, 2.45) is 0 Å². The van der Waals surface area contributed by atoms with Crippen molar-refractivity contribution < 1.29 is 13.5 Å². The molecular weight excluding hydrogens is 264 g/mol. The number of nitrogen functional groups attached to an aromatic ring is 1. The summed E-state index contributed by atoms with van der Waals surface area (Å²) in [5.74, 6) is 0. The number of halogens is 1. The van der Waals surface area contributed by atoms with Crippen molar-refractivity contribution in [3.05, 3.63) is 23.2 Å². The van der Waals surface area contributed by atoms with E-state index in [2.05, 4.69) is 4.72 Å². The third-order valence-corrected chi connectivity index (χ3v) is 4.24. The van der Waals surface area contributed by atoms with E-state index in [4.69, 9.17) is 22.4 Å². The standard InChI is InChI=1S/C10H15ClN2O3S/c1-7(4-5-14)13-17(15,16)10-3-2-8(12)6-9(10)11/h2-3,6-7,13-14H,4-5,12H2,1H3. The van der Waals surface area contributed by atoms with Gasteiger partial charge in [-0.05, 0) is 31.5 Å². The molecule has 0 aromatic heterocycles. The highest BCUT2D eigenvalue weighted by Crippen LogP contribution is 2.23. The molecule has 0 spiro atoms. The van der Waals surface area contributed by atoms with Gasteiger partial charge in [0.2, 0.25) is 10.0 Å². The largest absolute Gasteiger partial charge is 0.399 e. The van der Waals surface area contributed by atoms with E-state index in [0.717, 1.165) is 0 Å². The van der Waals surface area contributed by atoms with Crippen LogP contribution in [0.3, 0.4) is 0 Å². The van der Waals surface area contributed by atoms with Crippen LogP contribution < -0.4 is 10.5 Å². The summed E-state index contributed by atoms with van der Waals surface area (Å²) >= 11 is 5.83. The molecule has 1 unspecified atom stereocenters. The van der Waals surface area contributed by atoms with E-state index in [0.29, 0.717) is 12.1 Å². The van der Waals surface area contributed by atoms with Gasteiger partial charge in [-0.25, -0.2) is 13.1 Å². The number of hydrogen-bond acceptors (Lipinski definition) is 4. The number of nitrogens with one attached hydrogen (secondary N) is 1. The van der Waals surface area contributed by atoms with Crippen LogP contribution in [-0.4, -0.2) is 26.2 Å². The smallest absolute Gasteiger partial charge is 0.242 e. The molecule has 96 valence electrons. The first-order valence-corrected chi connectivity index (χ1v) is 6.91. The summed E-state index contributed by atoms with van der Waals surface area (Å²) in [5.41, 5.74) is 5.89. The SMILES string of the molecule is CC(CCO)NS(=O)(=O)c1ccc(N)cc1Cl. The Kier molecular flexibility index (Phi) is 4.76. The molecule has 1 aromatic carbocycles. The highest BCUT2D eigenvalue weighted by atomic mass is 35.5. The van der Waals surface area contributed by atoms with E-state index in [1.165, 1.54) is 18.2 Å². The first-order chi connectivity index (χ1) is 7.86. The van der Waals surface area contributed by atoms with E-state index in [1.807, 2.05) is 0 Å². The van der Waals surface area contributed by atoms with Crippen molar-refractivity contribution in [1.29, 1.82) is 0 Å². The molecule has 1 rings (SSSR count). The minimum atomic E-state index is -3.68. The van der Waals surface area contributed by atoms with Gasteiger partial charge in [-0.3, -0.25) is 0 Å². The van der Waals surface area contributed by atoms with Gasteiger partial charge in [-0.1, -0.05) is 11.6 Å². The van der Waals surface area contributed by atoms with Gasteiger partial charge in [0.05, 0.1) is 5.02 Å². The lowest BCUT2D eigenvalue weighted by molar-refractivity contribution is 0.275. The first kappa shape index (κ1) is 14.2. The van der Waals surface area contributed by atoms with Gasteiger partial charge in [-0.2, -0.15) is 0 Å². The van der Waals surface area contributed by atoms with Gasteiger partial charge in [0.15, 0.2) is 0 Å². The number of nitrogens with two attached hydrogens (primary N) is 1. The summed E-state index contributed by atoms with van der Waals surface area (Å²) in [6.07, 6.45) is 0.339. The van der Waals surface area contributed by atoms with Crippen molar-refractivity contribution >= 4 is 27.3 Å². The molecule has 1 atom stereocenters. The lowest BCUT2D eigenvalue weighted by Gasteiger charge is -2.13. The maximum Gasteiger partial charge on any atom is 0.242 e. The molecular formula is C10H15ClN2O3S. The summed E-state index contributed by atoms with van der Waals surface area (Å²) in [4.78, 5) is -0.0156. The van der Waals surface area contributed by atoms with Crippen LogP contribution in [0.4, 0.5) is 5.69 Å². The molecule has 0 saturated heterocycles. The first-order valence-electron chi connectivity index (χ1n) is 5.05. The van der Waals surface area contributed by atoms with Crippen LogP contribution in [0.15, 0.2) is 23.1 Å². The third-order valence-electron chi connectivity index (χ3n) is 2.16. The average Bonchev–Trinajstić information content (AvgIpc) is 2.15. The van der Waals surface area contributed by atoms with Crippen LogP contribution in [0.25, 0.3) is 0 Å². The van der Waals surface area contributed by atoms with Gasteiger partial charge >= 0.3 is 0 Å². The number of rotatable bonds is 5. The molecule has 0 bridgehead atoms. The monoisotopic (exact) mass is 278 g/mol. The molecule has 0 radical (unpaired) electrons. The number of anilines is 1. The zero-order valence-electron chi connectivity index (χ0n) is 9.35. The van der Waals surface area contributed by atoms with Crippen molar-refractivity contribution in [1.82, 2.24) is 4.72 Å². The molecule has 1 aromatic rings. The fourth-order valence-corrected chi connectivity index (χ4v) is 3.15. The second-order valence-electron chi connectivity index (χ2n) is 3.72. The summed E-state index contributed by atoms with van der Waals surface area (Å²) in [6, 6.07) is 3.84. The topological polar surface area (TPSA) is 92.4 Å². The Labute approximate surface area is 106 Å². The van der Waals surface area contributed by atoms with Crippen LogP contribution >= 0.6 is 11.6 Å². The van der Waals surface area contributed by atoms with Crippen molar-refractivity contribution in [3.63, 3.8) is 0 Å². The maximum atomic E-state index is 11.9. The zero-order chi connectivity index (χ0) is 13.1. The minimum absolute atomic E-state index is 0.0156. The Balaban J connectivity index is 2.97. The molecule has 0 aliphatic rings.